The van der Waals surface area contributed by atoms with Gasteiger partial charge >= 0.3 is 0 Å². The van der Waals surface area contributed by atoms with Gasteiger partial charge in [-0.05, 0) is 32.2 Å². The number of nitrogens with zero attached hydrogens (tertiary/aromatic N) is 1. The Kier molecular flexibility index (Phi) is 1.57. The molecule has 0 N–H and O–H groups in total. The van der Waals surface area contributed by atoms with Crippen LogP contribution in [0.2, 0.25) is 0 Å². The van der Waals surface area contributed by atoms with E-state index in [4.69, 9.17) is 0 Å². The molecule has 1 heteroatoms. The minimum Gasteiger partial charge on any atom is -0.293 e. The number of hydrogen-bond acceptors (Lipinski definition) is 1. The van der Waals surface area contributed by atoms with Gasteiger partial charge in [-0.3, -0.25) is 4.90 Å². The van der Waals surface area contributed by atoms with Gasteiger partial charge in [0.15, 0.2) is 0 Å². The van der Waals surface area contributed by atoms with Crippen LogP contribution in [0, 0.1) is 0 Å². The predicted molar refractivity (Wildman–Crippen MR) is 47.6 cm³/mol. The van der Waals surface area contributed by atoms with Gasteiger partial charge in [0.1, 0.15) is 0 Å². The molecule has 2 fully saturated rings. The van der Waals surface area contributed by atoms with Crippen molar-refractivity contribution in [2.24, 2.45) is 0 Å². The summed E-state index contributed by atoms with van der Waals surface area (Å²) >= 11 is 0. The van der Waals surface area contributed by atoms with E-state index >= 15 is 0 Å². The van der Waals surface area contributed by atoms with E-state index in [0.29, 0.717) is 5.54 Å². The van der Waals surface area contributed by atoms with E-state index in [2.05, 4.69) is 18.4 Å². The average Bonchev–Trinajstić information content (AvgIpc) is 2.43. The summed E-state index contributed by atoms with van der Waals surface area (Å²) in [4.78, 5) is 2.63. The quantitative estimate of drug-likeness (QED) is 0.519. The Morgan fingerprint density at radius 2 is 2.45 bits per heavy atom. The van der Waals surface area contributed by atoms with Crippen LogP contribution in [0.25, 0.3) is 0 Å². The van der Waals surface area contributed by atoms with Crippen LogP contribution in [0.4, 0.5) is 0 Å². The summed E-state index contributed by atoms with van der Waals surface area (Å²) in [6.45, 7) is 8.89. The first-order chi connectivity index (χ1) is 5.27. The van der Waals surface area contributed by atoms with Crippen molar-refractivity contribution in [3.8, 4) is 0 Å². The molecular weight excluding hydrogens is 134 g/mol. The molecule has 0 radical (unpaired) electrons. The molecule has 0 aliphatic carbocycles. The summed E-state index contributed by atoms with van der Waals surface area (Å²) < 4.78 is 0. The van der Waals surface area contributed by atoms with E-state index < -0.39 is 0 Å². The first-order valence-corrected chi connectivity index (χ1v) is 4.68. The molecule has 11 heavy (non-hydrogen) atoms. The van der Waals surface area contributed by atoms with Crippen molar-refractivity contribution >= 4 is 0 Å². The molecule has 0 aromatic heterocycles. The fourth-order valence-corrected chi connectivity index (χ4v) is 2.76. The third-order valence-electron chi connectivity index (χ3n) is 3.39. The van der Waals surface area contributed by atoms with Crippen molar-refractivity contribution in [2.45, 2.75) is 38.1 Å². The molecule has 1 unspecified atom stereocenters. The first-order valence-electron chi connectivity index (χ1n) is 4.68. The van der Waals surface area contributed by atoms with E-state index in [1.54, 1.807) is 0 Å². The lowest BCUT2D eigenvalue weighted by molar-refractivity contribution is 0.189. The fraction of sp³-hybridized carbons (Fsp3) is 0.800. The maximum atomic E-state index is 4.09. The van der Waals surface area contributed by atoms with E-state index in [9.17, 15) is 0 Å². The summed E-state index contributed by atoms with van der Waals surface area (Å²) in [7, 11) is 0. The number of fused-ring (bicyclic) bond motifs is 1. The molecule has 62 valence electrons. The van der Waals surface area contributed by atoms with Crippen molar-refractivity contribution < 1.29 is 0 Å². The van der Waals surface area contributed by atoms with Crippen molar-refractivity contribution in [1.82, 2.24) is 4.90 Å². The summed E-state index contributed by atoms with van der Waals surface area (Å²) in [6.07, 6.45) is 5.39. The lowest BCUT2D eigenvalue weighted by Gasteiger charge is -2.29. The Morgan fingerprint density at radius 1 is 1.64 bits per heavy atom. The molecule has 2 aliphatic heterocycles. The van der Waals surface area contributed by atoms with Gasteiger partial charge in [-0.1, -0.05) is 19.1 Å². The monoisotopic (exact) mass is 151 g/mol. The molecule has 2 heterocycles. The molecule has 1 nitrogen and oxygen atoms in total. The molecule has 2 aliphatic rings. The van der Waals surface area contributed by atoms with Crippen LogP contribution in [0.15, 0.2) is 12.2 Å². The summed E-state index contributed by atoms with van der Waals surface area (Å²) in [6, 6.07) is 0. The van der Waals surface area contributed by atoms with Crippen molar-refractivity contribution in [1.29, 1.82) is 0 Å². The fourth-order valence-electron chi connectivity index (χ4n) is 2.76. The highest BCUT2D eigenvalue weighted by atomic mass is 15.2. The summed E-state index contributed by atoms with van der Waals surface area (Å²) in [5.74, 6) is 0. The maximum absolute atomic E-state index is 4.09. The largest absolute Gasteiger partial charge is 0.293 e. The van der Waals surface area contributed by atoms with Crippen LogP contribution in [0.1, 0.15) is 32.6 Å². The maximum Gasteiger partial charge on any atom is 0.0248 e. The smallest absolute Gasteiger partial charge is 0.0248 e. The minimum absolute atomic E-state index is 0.553. The zero-order valence-electron chi connectivity index (χ0n) is 7.40. The Bertz CT molecular complexity index is 185. The van der Waals surface area contributed by atoms with Gasteiger partial charge in [0.05, 0.1) is 0 Å². The molecule has 0 aromatic rings. The molecular formula is C10H17N. The Labute approximate surface area is 69.1 Å². The summed E-state index contributed by atoms with van der Waals surface area (Å²) in [5, 5.41) is 0. The van der Waals surface area contributed by atoms with Gasteiger partial charge in [0.25, 0.3) is 0 Å². The van der Waals surface area contributed by atoms with E-state index in [0.717, 1.165) is 0 Å². The topological polar surface area (TPSA) is 3.24 Å². The van der Waals surface area contributed by atoms with Gasteiger partial charge in [0.2, 0.25) is 0 Å². The first kappa shape index (κ1) is 7.35. The highest BCUT2D eigenvalue weighted by molar-refractivity contribution is 5.16. The molecule has 0 saturated carbocycles. The molecule has 0 spiro atoms. The summed E-state index contributed by atoms with van der Waals surface area (Å²) in [5.41, 5.74) is 2.00. The Balaban J connectivity index is 2.21. The van der Waals surface area contributed by atoms with Crippen LogP contribution in [0.3, 0.4) is 0 Å². The zero-order chi connectivity index (χ0) is 7.90. The van der Waals surface area contributed by atoms with Crippen molar-refractivity contribution in [3.63, 3.8) is 0 Å². The molecule has 1 atom stereocenters. The van der Waals surface area contributed by atoms with Gasteiger partial charge < -0.3 is 0 Å². The van der Waals surface area contributed by atoms with Crippen LogP contribution >= 0.6 is 0 Å². The third-order valence-corrected chi connectivity index (χ3v) is 3.39. The molecule has 2 rings (SSSR count). The Morgan fingerprint density at radius 3 is 3.09 bits per heavy atom. The van der Waals surface area contributed by atoms with Crippen molar-refractivity contribution in [2.75, 3.05) is 13.1 Å². The van der Waals surface area contributed by atoms with E-state index in [1.165, 1.54) is 44.3 Å². The average molecular weight is 151 g/mol. The second-order valence-electron chi connectivity index (χ2n) is 4.03. The highest BCUT2D eigenvalue weighted by Gasteiger charge is 2.43. The van der Waals surface area contributed by atoms with Crippen LogP contribution in [-0.4, -0.2) is 23.5 Å². The predicted octanol–water partition coefficient (Wildman–Crippen LogP) is 2.19. The van der Waals surface area contributed by atoms with Gasteiger partial charge in [-0.2, -0.15) is 0 Å². The minimum atomic E-state index is 0.553. The molecule has 0 aromatic carbocycles. The highest BCUT2D eigenvalue weighted by Crippen LogP contribution is 2.42. The van der Waals surface area contributed by atoms with Crippen LogP contribution in [0.5, 0.6) is 0 Å². The van der Waals surface area contributed by atoms with Gasteiger partial charge in [-0.25, -0.2) is 0 Å². The molecule has 2 saturated heterocycles. The molecule has 0 bridgehead atoms. The number of hydrogen-bond donors (Lipinski definition) is 0. The second-order valence-corrected chi connectivity index (χ2v) is 4.03. The Hall–Kier alpha value is -0.300. The van der Waals surface area contributed by atoms with Crippen LogP contribution < -0.4 is 0 Å². The van der Waals surface area contributed by atoms with Gasteiger partial charge in [-0.15, -0.1) is 0 Å². The van der Waals surface area contributed by atoms with E-state index in [-0.39, 0.29) is 0 Å². The zero-order valence-corrected chi connectivity index (χ0v) is 7.40. The van der Waals surface area contributed by atoms with Gasteiger partial charge in [0, 0.05) is 12.1 Å². The number of rotatable bonds is 1. The van der Waals surface area contributed by atoms with E-state index in [1.807, 2.05) is 0 Å². The van der Waals surface area contributed by atoms with Crippen molar-refractivity contribution in [3.05, 3.63) is 12.2 Å². The second kappa shape index (κ2) is 2.34. The van der Waals surface area contributed by atoms with Crippen LogP contribution in [-0.2, 0) is 0 Å². The lowest BCUT2D eigenvalue weighted by atomic mass is 9.90. The SMILES string of the molecule is C=C1CN2CCCC2(CC)C1. The lowest BCUT2D eigenvalue weighted by Crippen LogP contribution is -2.37. The standard InChI is InChI=1S/C10H17N/c1-3-10-5-4-6-11(10)8-9(2)7-10/h2-8H2,1H3. The normalized spacial score (nSPS) is 38.1. The third kappa shape index (κ3) is 0.943. The molecule has 0 amide bonds.